The summed E-state index contributed by atoms with van der Waals surface area (Å²) < 4.78 is 12.9. The van der Waals surface area contributed by atoms with Crippen molar-refractivity contribution in [3.8, 4) is 10.8 Å². The topological polar surface area (TPSA) is 109 Å². The normalized spacial score (nSPS) is 12.4. The molecule has 0 saturated heterocycles. The van der Waals surface area contributed by atoms with Gasteiger partial charge in [-0.15, -0.1) is 21.5 Å². The summed E-state index contributed by atoms with van der Waals surface area (Å²) >= 11 is 1.45. The van der Waals surface area contributed by atoms with Gasteiger partial charge in [0.25, 0.3) is 17.3 Å². The molecule has 0 fully saturated rings. The maximum atomic E-state index is 12.0. The SMILES string of the molecule is CC(OC(=O)/C=C/c1cn(C)c(=O)n(C)c1=O)c1nnc(-c2cccs2)o1. The molecule has 3 rings (SSSR count). The Balaban J connectivity index is 1.70. The van der Waals surface area contributed by atoms with Gasteiger partial charge < -0.3 is 13.7 Å². The Morgan fingerprint density at radius 3 is 2.81 bits per heavy atom. The predicted molar refractivity (Wildman–Crippen MR) is 98.1 cm³/mol. The molecule has 0 N–H and O–H groups in total. The van der Waals surface area contributed by atoms with E-state index < -0.39 is 23.3 Å². The maximum Gasteiger partial charge on any atom is 0.331 e. The summed E-state index contributed by atoms with van der Waals surface area (Å²) in [5, 5.41) is 9.70. The van der Waals surface area contributed by atoms with Crippen LogP contribution in [0.5, 0.6) is 0 Å². The zero-order chi connectivity index (χ0) is 19.6. The molecule has 3 aromatic rings. The average Bonchev–Trinajstić information content (AvgIpc) is 3.33. The van der Waals surface area contributed by atoms with Gasteiger partial charge >= 0.3 is 11.7 Å². The molecule has 0 aliphatic rings. The van der Waals surface area contributed by atoms with Gasteiger partial charge in [-0.1, -0.05) is 6.07 Å². The quantitative estimate of drug-likeness (QED) is 0.481. The molecule has 10 heteroatoms. The molecule has 0 aliphatic carbocycles. The number of nitrogens with zero attached hydrogens (tertiary/aromatic N) is 4. The highest BCUT2D eigenvalue weighted by Crippen LogP contribution is 2.25. The second-order valence-corrected chi connectivity index (χ2v) is 6.62. The van der Waals surface area contributed by atoms with E-state index in [1.807, 2.05) is 17.5 Å². The Kier molecular flexibility index (Phi) is 5.17. The Morgan fingerprint density at radius 1 is 1.33 bits per heavy atom. The lowest BCUT2D eigenvalue weighted by Crippen LogP contribution is -2.37. The first-order chi connectivity index (χ1) is 12.9. The van der Waals surface area contributed by atoms with Crippen LogP contribution in [0.1, 0.15) is 24.5 Å². The molecule has 0 spiro atoms. The van der Waals surface area contributed by atoms with Gasteiger partial charge in [0, 0.05) is 26.4 Å². The van der Waals surface area contributed by atoms with Crippen LogP contribution in [0.4, 0.5) is 0 Å². The summed E-state index contributed by atoms with van der Waals surface area (Å²) in [4.78, 5) is 36.5. The Hall–Kier alpha value is -3.27. The minimum atomic E-state index is -0.758. The van der Waals surface area contributed by atoms with E-state index in [2.05, 4.69) is 10.2 Å². The molecule has 140 valence electrons. The van der Waals surface area contributed by atoms with Crippen molar-refractivity contribution in [3.63, 3.8) is 0 Å². The molecule has 0 amide bonds. The first-order valence-corrected chi connectivity index (χ1v) is 8.77. The number of aromatic nitrogens is 4. The Bertz CT molecular complexity index is 1110. The summed E-state index contributed by atoms with van der Waals surface area (Å²) in [6, 6.07) is 3.71. The molecular weight excluding hydrogens is 372 g/mol. The van der Waals surface area contributed by atoms with Crippen LogP contribution in [0.3, 0.4) is 0 Å². The molecule has 1 unspecified atom stereocenters. The molecule has 0 saturated carbocycles. The van der Waals surface area contributed by atoms with Crippen molar-refractivity contribution in [1.82, 2.24) is 19.3 Å². The number of carbonyl (C=O) groups excluding carboxylic acids is 1. The standard InChI is InChI=1S/C17H16N4O5S/c1-10(14-18-19-15(26-14)12-5-4-8-27-12)25-13(22)7-6-11-9-20(2)17(24)21(3)16(11)23/h4-10H,1-3H3/b7-6+. The predicted octanol–water partition coefficient (Wildman–Crippen LogP) is 1.51. The minimum absolute atomic E-state index is 0.165. The zero-order valence-electron chi connectivity index (χ0n) is 14.8. The molecule has 3 aromatic heterocycles. The Labute approximate surface area is 157 Å². The van der Waals surface area contributed by atoms with Crippen molar-refractivity contribution in [2.24, 2.45) is 14.1 Å². The van der Waals surface area contributed by atoms with Crippen LogP contribution in [-0.2, 0) is 23.6 Å². The number of hydrogen-bond donors (Lipinski definition) is 0. The van der Waals surface area contributed by atoms with E-state index in [0.717, 1.165) is 15.5 Å². The molecule has 0 aliphatic heterocycles. The maximum absolute atomic E-state index is 12.0. The second-order valence-electron chi connectivity index (χ2n) is 5.68. The molecule has 9 nitrogen and oxygen atoms in total. The van der Waals surface area contributed by atoms with E-state index in [1.165, 1.54) is 42.3 Å². The number of ether oxygens (including phenoxy) is 1. The summed E-state index contributed by atoms with van der Waals surface area (Å²) in [5.41, 5.74) is -0.777. The molecule has 0 aromatic carbocycles. The van der Waals surface area contributed by atoms with Gasteiger partial charge in [0.05, 0.1) is 10.4 Å². The van der Waals surface area contributed by atoms with E-state index >= 15 is 0 Å². The third-order valence-corrected chi connectivity index (χ3v) is 4.54. The number of thiophene rings is 1. The lowest BCUT2D eigenvalue weighted by Gasteiger charge is -2.07. The second kappa shape index (κ2) is 7.54. The van der Waals surface area contributed by atoms with E-state index in [0.29, 0.717) is 5.89 Å². The number of rotatable bonds is 5. The lowest BCUT2D eigenvalue weighted by molar-refractivity contribution is -0.143. The van der Waals surface area contributed by atoms with Crippen molar-refractivity contribution in [2.45, 2.75) is 13.0 Å². The highest BCUT2D eigenvalue weighted by atomic mass is 32.1. The van der Waals surface area contributed by atoms with Gasteiger partial charge in [-0.25, -0.2) is 9.59 Å². The third kappa shape index (κ3) is 3.95. The highest BCUT2D eigenvalue weighted by Gasteiger charge is 2.18. The average molecular weight is 388 g/mol. The van der Waals surface area contributed by atoms with Crippen molar-refractivity contribution >= 4 is 23.4 Å². The zero-order valence-corrected chi connectivity index (χ0v) is 15.6. The summed E-state index contributed by atoms with van der Waals surface area (Å²) in [6.45, 7) is 1.60. The van der Waals surface area contributed by atoms with E-state index in [1.54, 1.807) is 6.92 Å². The van der Waals surface area contributed by atoms with Crippen LogP contribution in [-0.4, -0.2) is 25.3 Å². The summed E-state index contributed by atoms with van der Waals surface area (Å²) in [5.74, 6) is -0.167. The van der Waals surface area contributed by atoms with Crippen molar-refractivity contribution in [2.75, 3.05) is 0 Å². The fraction of sp³-hybridized carbons (Fsp3) is 0.235. The first kappa shape index (κ1) is 18.5. The van der Waals surface area contributed by atoms with Crippen LogP contribution in [0.15, 0.2) is 43.8 Å². The molecule has 27 heavy (non-hydrogen) atoms. The Morgan fingerprint density at radius 2 is 2.11 bits per heavy atom. The lowest BCUT2D eigenvalue weighted by atomic mass is 10.3. The number of aryl methyl sites for hydroxylation is 1. The smallest absolute Gasteiger partial charge is 0.331 e. The van der Waals surface area contributed by atoms with Crippen molar-refractivity contribution < 1.29 is 13.9 Å². The van der Waals surface area contributed by atoms with Gasteiger partial charge in [-0.3, -0.25) is 9.36 Å². The molecule has 0 bridgehead atoms. The van der Waals surface area contributed by atoms with Crippen molar-refractivity contribution in [1.29, 1.82) is 0 Å². The van der Waals surface area contributed by atoms with E-state index in [-0.39, 0.29) is 11.5 Å². The van der Waals surface area contributed by atoms with Crippen molar-refractivity contribution in [3.05, 3.63) is 62.1 Å². The minimum Gasteiger partial charge on any atom is -0.449 e. The van der Waals surface area contributed by atoms with Gasteiger partial charge in [0.1, 0.15) is 0 Å². The molecule has 1 atom stereocenters. The highest BCUT2D eigenvalue weighted by molar-refractivity contribution is 7.13. The van der Waals surface area contributed by atoms with Crippen LogP contribution in [0, 0.1) is 0 Å². The number of esters is 1. The van der Waals surface area contributed by atoms with Crippen LogP contribution in [0.25, 0.3) is 16.8 Å². The van der Waals surface area contributed by atoms with Gasteiger partial charge in [-0.2, -0.15) is 0 Å². The molecule has 0 radical (unpaired) electrons. The summed E-state index contributed by atoms with van der Waals surface area (Å²) in [6.07, 6.45) is 2.99. The first-order valence-electron chi connectivity index (χ1n) is 7.89. The number of carbonyl (C=O) groups is 1. The van der Waals surface area contributed by atoms with Gasteiger partial charge in [-0.05, 0) is 24.4 Å². The van der Waals surface area contributed by atoms with Crippen LogP contribution in [0.2, 0.25) is 0 Å². The fourth-order valence-electron chi connectivity index (χ4n) is 2.27. The summed E-state index contributed by atoms with van der Waals surface area (Å²) in [7, 11) is 2.88. The van der Waals surface area contributed by atoms with Crippen LogP contribution < -0.4 is 11.2 Å². The van der Waals surface area contributed by atoms with Gasteiger partial charge in [0.15, 0.2) is 6.10 Å². The largest absolute Gasteiger partial charge is 0.449 e. The van der Waals surface area contributed by atoms with Gasteiger partial charge in [0.2, 0.25) is 0 Å². The third-order valence-electron chi connectivity index (χ3n) is 3.69. The van der Waals surface area contributed by atoms with E-state index in [4.69, 9.17) is 9.15 Å². The fourth-order valence-corrected chi connectivity index (χ4v) is 2.92. The molecule has 3 heterocycles. The monoisotopic (exact) mass is 388 g/mol. The van der Waals surface area contributed by atoms with Crippen LogP contribution >= 0.6 is 11.3 Å². The van der Waals surface area contributed by atoms with E-state index in [9.17, 15) is 14.4 Å². The molecular formula is C17H16N4O5S. The number of hydrogen-bond acceptors (Lipinski definition) is 8.